The van der Waals surface area contributed by atoms with E-state index in [1.807, 2.05) is 15.9 Å². The van der Waals surface area contributed by atoms with Crippen molar-refractivity contribution in [3.63, 3.8) is 0 Å². The molecule has 0 bridgehead atoms. The molecular formula is C9H7BrF4O2. The van der Waals surface area contributed by atoms with Gasteiger partial charge in [0.2, 0.25) is 0 Å². The van der Waals surface area contributed by atoms with E-state index < -0.39 is 17.5 Å². The quantitative estimate of drug-likeness (QED) is 0.683. The van der Waals surface area contributed by atoms with Crippen LogP contribution in [0, 0.1) is 0 Å². The first-order chi connectivity index (χ1) is 7.30. The standard InChI is InChI=1S/C9H7BrF4O2/c10-9(13,14)7(15)5-1-3-6(4-2-5)16-8(11)12/h1-4,7-8,15H. The minimum Gasteiger partial charge on any atom is -0.435 e. The second kappa shape index (κ2) is 5.01. The number of hydrogen-bond acceptors (Lipinski definition) is 2. The van der Waals surface area contributed by atoms with Crippen LogP contribution in [-0.2, 0) is 0 Å². The first kappa shape index (κ1) is 13.2. The molecule has 0 amide bonds. The van der Waals surface area contributed by atoms with Gasteiger partial charge in [-0.3, -0.25) is 0 Å². The number of rotatable bonds is 4. The zero-order valence-corrected chi connectivity index (χ0v) is 9.30. The molecule has 0 aromatic heterocycles. The van der Waals surface area contributed by atoms with Crippen LogP contribution in [0.15, 0.2) is 24.3 Å². The molecule has 1 unspecified atom stereocenters. The van der Waals surface area contributed by atoms with Crippen molar-refractivity contribution in [1.29, 1.82) is 0 Å². The van der Waals surface area contributed by atoms with Crippen molar-refractivity contribution in [2.75, 3.05) is 0 Å². The summed E-state index contributed by atoms with van der Waals surface area (Å²) in [4.78, 5) is -3.47. The first-order valence-electron chi connectivity index (χ1n) is 4.10. The lowest BCUT2D eigenvalue weighted by Crippen LogP contribution is -2.18. The Morgan fingerprint density at radius 3 is 2.06 bits per heavy atom. The molecule has 1 rings (SSSR count). The average molecular weight is 303 g/mol. The third-order valence-electron chi connectivity index (χ3n) is 1.73. The number of halogens is 5. The molecule has 0 fully saturated rings. The highest BCUT2D eigenvalue weighted by atomic mass is 79.9. The van der Waals surface area contributed by atoms with E-state index in [0.717, 1.165) is 24.3 Å². The largest absolute Gasteiger partial charge is 0.435 e. The Morgan fingerprint density at radius 2 is 1.69 bits per heavy atom. The van der Waals surface area contributed by atoms with Gasteiger partial charge >= 0.3 is 11.4 Å². The number of ether oxygens (including phenoxy) is 1. The molecule has 1 N–H and O–H groups in total. The van der Waals surface area contributed by atoms with E-state index in [-0.39, 0.29) is 11.3 Å². The van der Waals surface area contributed by atoms with E-state index in [0.29, 0.717) is 0 Å². The number of hydrogen-bond donors (Lipinski definition) is 1. The molecule has 90 valence electrons. The fourth-order valence-electron chi connectivity index (χ4n) is 1.02. The van der Waals surface area contributed by atoms with Crippen LogP contribution in [-0.4, -0.2) is 16.5 Å². The molecule has 0 saturated heterocycles. The summed E-state index contributed by atoms with van der Waals surface area (Å²) in [5.41, 5.74) is -0.108. The molecule has 0 aliphatic heterocycles. The summed E-state index contributed by atoms with van der Waals surface area (Å²) < 4.78 is 52.8. The summed E-state index contributed by atoms with van der Waals surface area (Å²) in [5, 5.41) is 9.14. The fourth-order valence-corrected chi connectivity index (χ4v) is 1.28. The lowest BCUT2D eigenvalue weighted by atomic mass is 10.1. The highest BCUT2D eigenvalue weighted by Crippen LogP contribution is 2.36. The molecule has 1 atom stereocenters. The summed E-state index contributed by atoms with van der Waals surface area (Å²) in [6, 6.07) is 4.31. The van der Waals surface area contributed by atoms with Crippen LogP contribution >= 0.6 is 15.9 Å². The molecule has 0 heterocycles. The third-order valence-corrected chi connectivity index (χ3v) is 2.16. The van der Waals surface area contributed by atoms with E-state index in [4.69, 9.17) is 5.11 Å². The maximum atomic E-state index is 12.6. The van der Waals surface area contributed by atoms with Crippen molar-refractivity contribution < 1.29 is 27.4 Å². The van der Waals surface area contributed by atoms with Gasteiger partial charge in [0.05, 0.1) is 0 Å². The maximum absolute atomic E-state index is 12.6. The lowest BCUT2D eigenvalue weighted by Gasteiger charge is -2.16. The Kier molecular flexibility index (Phi) is 4.15. The van der Waals surface area contributed by atoms with Crippen molar-refractivity contribution in [2.45, 2.75) is 17.5 Å². The van der Waals surface area contributed by atoms with Crippen LogP contribution in [0.5, 0.6) is 5.75 Å². The van der Waals surface area contributed by atoms with Gasteiger partial charge in [0.15, 0.2) is 6.10 Å². The van der Waals surface area contributed by atoms with Crippen LogP contribution < -0.4 is 4.74 Å². The van der Waals surface area contributed by atoms with Gasteiger partial charge in [0.25, 0.3) is 0 Å². The summed E-state index contributed by atoms with van der Waals surface area (Å²) in [7, 11) is 0. The fraction of sp³-hybridized carbons (Fsp3) is 0.333. The molecule has 2 nitrogen and oxygen atoms in total. The van der Waals surface area contributed by atoms with E-state index in [9.17, 15) is 17.6 Å². The minimum atomic E-state index is -3.47. The first-order valence-corrected chi connectivity index (χ1v) is 4.89. The van der Waals surface area contributed by atoms with Crippen molar-refractivity contribution in [3.8, 4) is 5.75 Å². The summed E-state index contributed by atoms with van der Waals surface area (Å²) in [6.07, 6.45) is -2.05. The van der Waals surface area contributed by atoms with Crippen LogP contribution in [0.1, 0.15) is 11.7 Å². The van der Waals surface area contributed by atoms with E-state index >= 15 is 0 Å². The smallest absolute Gasteiger partial charge is 0.387 e. The number of aliphatic hydroxyl groups excluding tert-OH is 1. The zero-order chi connectivity index (χ0) is 12.3. The lowest BCUT2D eigenvalue weighted by molar-refractivity contribution is -0.0501. The van der Waals surface area contributed by atoms with Gasteiger partial charge in [0.1, 0.15) is 5.75 Å². The predicted octanol–water partition coefficient (Wildman–Crippen LogP) is 3.31. The SMILES string of the molecule is OC(c1ccc(OC(F)F)cc1)C(F)(F)Br. The molecule has 1 aromatic rings. The summed E-state index contributed by atoms with van der Waals surface area (Å²) in [5.74, 6) is -0.163. The molecule has 16 heavy (non-hydrogen) atoms. The van der Waals surface area contributed by atoms with Crippen LogP contribution in [0.2, 0.25) is 0 Å². The van der Waals surface area contributed by atoms with Gasteiger partial charge in [-0.2, -0.15) is 17.6 Å². The van der Waals surface area contributed by atoms with Crippen LogP contribution in [0.3, 0.4) is 0 Å². The molecule has 0 spiro atoms. The normalized spacial score (nSPS) is 13.9. The van der Waals surface area contributed by atoms with Crippen molar-refractivity contribution in [3.05, 3.63) is 29.8 Å². The van der Waals surface area contributed by atoms with Crippen LogP contribution in [0.4, 0.5) is 17.6 Å². The second-order valence-electron chi connectivity index (χ2n) is 2.89. The molecule has 0 aliphatic carbocycles. The zero-order valence-electron chi connectivity index (χ0n) is 7.71. The Bertz CT molecular complexity index is 336. The predicted molar refractivity (Wildman–Crippen MR) is 51.9 cm³/mol. The topological polar surface area (TPSA) is 29.5 Å². The number of alkyl halides is 5. The molecular weight excluding hydrogens is 296 g/mol. The van der Waals surface area contributed by atoms with Gasteiger partial charge < -0.3 is 9.84 Å². The van der Waals surface area contributed by atoms with E-state index in [2.05, 4.69) is 4.74 Å². The van der Waals surface area contributed by atoms with E-state index in [1.54, 1.807) is 0 Å². The summed E-state index contributed by atoms with van der Waals surface area (Å²) in [6.45, 7) is -2.98. The minimum absolute atomic E-state index is 0.108. The van der Waals surface area contributed by atoms with Crippen molar-refractivity contribution in [2.24, 2.45) is 0 Å². The van der Waals surface area contributed by atoms with Crippen molar-refractivity contribution >= 4 is 15.9 Å². The van der Waals surface area contributed by atoms with E-state index in [1.165, 1.54) is 0 Å². The van der Waals surface area contributed by atoms with Gasteiger partial charge in [-0.25, -0.2) is 0 Å². The Balaban J connectivity index is 2.79. The highest BCUT2D eigenvalue weighted by Gasteiger charge is 2.35. The molecule has 0 aliphatic rings. The number of aliphatic hydroxyl groups is 1. The van der Waals surface area contributed by atoms with Gasteiger partial charge in [-0.1, -0.05) is 12.1 Å². The number of benzene rings is 1. The second-order valence-corrected chi connectivity index (χ2v) is 3.95. The third kappa shape index (κ3) is 3.64. The van der Waals surface area contributed by atoms with Gasteiger partial charge in [-0.15, -0.1) is 0 Å². The summed E-state index contributed by atoms with van der Waals surface area (Å²) >= 11 is 2.00. The Labute approximate surface area is 97.0 Å². The monoisotopic (exact) mass is 302 g/mol. The Morgan fingerprint density at radius 1 is 1.19 bits per heavy atom. The Hall–Kier alpha value is -0.820. The molecule has 1 aromatic carbocycles. The molecule has 0 saturated carbocycles. The molecule has 0 radical (unpaired) electrons. The molecule has 7 heteroatoms. The van der Waals surface area contributed by atoms with Gasteiger partial charge in [0, 0.05) is 0 Å². The average Bonchev–Trinajstić information content (AvgIpc) is 2.15. The van der Waals surface area contributed by atoms with Crippen molar-refractivity contribution in [1.82, 2.24) is 0 Å². The maximum Gasteiger partial charge on any atom is 0.387 e. The van der Waals surface area contributed by atoms with Gasteiger partial charge in [-0.05, 0) is 33.6 Å². The van der Waals surface area contributed by atoms with Crippen LogP contribution in [0.25, 0.3) is 0 Å². The highest BCUT2D eigenvalue weighted by molar-refractivity contribution is 9.10.